The highest BCUT2D eigenvalue weighted by atomic mass is 16.5. The second-order valence-electron chi connectivity index (χ2n) is 10.3. The number of nitrogens with zero attached hydrogens (tertiary/aromatic N) is 1. The van der Waals surface area contributed by atoms with Gasteiger partial charge in [-0.15, -0.1) is 0 Å². The molecule has 5 rings (SSSR count). The summed E-state index contributed by atoms with van der Waals surface area (Å²) >= 11 is 0. The number of esters is 1. The Bertz CT molecular complexity index is 1050. The minimum Gasteiger partial charge on any atom is -0.487 e. The van der Waals surface area contributed by atoms with Gasteiger partial charge in [0.2, 0.25) is 0 Å². The molecule has 2 atom stereocenters. The first-order valence-corrected chi connectivity index (χ1v) is 11.7. The standard InChI is InChI=1S/C27H33NO4/c1-16-22(10-9-21-11-20(29)12-24(30)31-21)26-23(13-27(3,4)32-26)17(2)25(16)28-14-18-7-5-6-8-19(18)15-28/h5-8,20-21,29H,9-15H2,1-4H3/t20-,21-/m0/s1. The van der Waals surface area contributed by atoms with Gasteiger partial charge in [-0.05, 0) is 68.4 Å². The average Bonchev–Trinajstić information content (AvgIpc) is 3.27. The van der Waals surface area contributed by atoms with Crippen LogP contribution in [0.3, 0.4) is 0 Å². The van der Waals surface area contributed by atoms with E-state index in [1.54, 1.807) is 0 Å². The van der Waals surface area contributed by atoms with Crippen LogP contribution < -0.4 is 9.64 Å². The molecule has 0 unspecified atom stereocenters. The third kappa shape index (κ3) is 3.77. The quantitative estimate of drug-likeness (QED) is 0.715. The van der Waals surface area contributed by atoms with Gasteiger partial charge >= 0.3 is 5.97 Å². The fourth-order valence-corrected chi connectivity index (χ4v) is 5.77. The molecular weight excluding hydrogens is 402 g/mol. The summed E-state index contributed by atoms with van der Waals surface area (Å²) in [6.07, 6.45) is 2.14. The Labute approximate surface area is 190 Å². The minimum absolute atomic E-state index is 0.104. The van der Waals surface area contributed by atoms with E-state index in [9.17, 15) is 9.90 Å². The summed E-state index contributed by atoms with van der Waals surface area (Å²) in [4.78, 5) is 14.3. The lowest BCUT2D eigenvalue weighted by Crippen LogP contribution is -2.32. The number of benzene rings is 2. The molecule has 1 saturated heterocycles. The zero-order valence-corrected chi connectivity index (χ0v) is 19.5. The Morgan fingerprint density at radius 1 is 1.12 bits per heavy atom. The van der Waals surface area contributed by atoms with Crippen LogP contribution in [0.5, 0.6) is 5.75 Å². The number of carbonyl (C=O) groups is 1. The topological polar surface area (TPSA) is 59.0 Å². The molecule has 32 heavy (non-hydrogen) atoms. The largest absolute Gasteiger partial charge is 0.487 e. The maximum Gasteiger partial charge on any atom is 0.308 e. The fourth-order valence-electron chi connectivity index (χ4n) is 5.77. The zero-order valence-electron chi connectivity index (χ0n) is 19.5. The molecule has 2 aromatic rings. The number of aliphatic hydroxyl groups excluding tert-OH is 1. The molecule has 1 fully saturated rings. The highest BCUT2D eigenvalue weighted by molar-refractivity contribution is 5.72. The summed E-state index contributed by atoms with van der Waals surface area (Å²) in [5.74, 6) is 0.723. The Hall–Kier alpha value is -2.53. The van der Waals surface area contributed by atoms with Crippen molar-refractivity contribution in [3.05, 3.63) is 57.6 Å². The van der Waals surface area contributed by atoms with Crippen molar-refractivity contribution in [2.45, 2.75) is 90.7 Å². The van der Waals surface area contributed by atoms with Gasteiger partial charge in [0.1, 0.15) is 17.5 Å². The van der Waals surface area contributed by atoms with Crippen molar-refractivity contribution in [2.75, 3.05) is 4.90 Å². The van der Waals surface area contributed by atoms with E-state index in [2.05, 4.69) is 56.9 Å². The minimum atomic E-state index is -0.597. The lowest BCUT2D eigenvalue weighted by Gasteiger charge is -2.29. The van der Waals surface area contributed by atoms with Gasteiger partial charge in [-0.2, -0.15) is 0 Å². The van der Waals surface area contributed by atoms with E-state index in [1.807, 2.05) is 0 Å². The summed E-state index contributed by atoms with van der Waals surface area (Å²) in [6.45, 7) is 10.6. The van der Waals surface area contributed by atoms with Crippen LogP contribution in [0.2, 0.25) is 0 Å². The molecule has 0 amide bonds. The van der Waals surface area contributed by atoms with Crippen LogP contribution in [0.15, 0.2) is 24.3 Å². The van der Waals surface area contributed by atoms with Crippen molar-refractivity contribution >= 4 is 11.7 Å². The van der Waals surface area contributed by atoms with Gasteiger partial charge in [0.05, 0.1) is 12.5 Å². The van der Waals surface area contributed by atoms with E-state index in [4.69, 9.17) is 9.47 Å². The van der Waals surface area contributed by atoms with Crippen LogP contribution in [-0.2, 0) is 35.5 Å². The fraction of sp³-hybridized carbons (Fsp3) is 0.519. The third-order valence-electron chi connectivity index (χ3n) is 7.25. The lowest BCUT2D eigenvalue weighted by atomic mass is 9.89. The molecule has 0 bridgehead atoms. The molecule has 1 N–H and O–H groups in total. The Kier molecular flexibility index (Phi) is 5.20. The van der Waals surface area contributed by atoms with Crippen LogP contribution in [-0.4, -0.2) is 28.9 Å². The molecule has 0 saturated carbocycles. The first kappa shape index (κ1) is 21.3. The summed E-state index contributed by atoms with van der Waals surface area (Å²) in [5.41, 5.74) is 8.99. The van der Waals surface area contributed by atoms with Crippen molar-refractivity contribution in [2.24, 2.45) is 0 Å². The van der Waals surface area contributed by atoms with Crippen molar-refractivity contribution in [3.63, 3.8) is 0 Å². The van der Waals surface area contributed by atoms with Crippen LogP contribution in [0.1, 0.15) is 66.5 Å². The van der Waals surface area contributed by atoms with Crippen LogP contribution in [0.25, 0.3) is 0 Å². The molecule has 2 aromatic carbocycles. The molecule has 0 radical (unpaired) electrons. The maximum absolute atomic E-state index is 11.8. The number of hydrogen-bond acceptors (Lipinski definition) is 5. The van der Waals surface area contributed by atoms with Gasteiger partial charge in [0, 0.05) is 37.2 Å². The molecule has 0 spiro atoms. The van der Waals surface area contributed by atoms with Gasteiger partial charge in [-0.1, -0.05) is 24.3 Å². The number of aliphatic hydroxyl groups is 1. The lowest BCUT2D eigenvalue weighted by molar-refractivity contribution is -0.160. The van der Waals surface area contributed by atoms with E-state index in [1.165, 1.54) is 39.1 Å². The maximum atomic E-state index is 11.8. The second-order valence-corrected chi connectivity index (χ2v) is 10.3. The van der Waals surface area contributed by atoms with E-state index in [-0.39, 0.29) is 24.1 Å². The number of rotatable bonds is 4. The highest BCUT2D eigenvalue weighted by Gasteiger charge is 2.37. The molecule has 3 aliphatic rings. The molecular formula is C27H33NO4. The van der Waals surface area contributed by atoms with Gasteiger partial charge < -0.3 is 19.5 Å². The normalized spacial score (nSPS) is 23.5. The SMILES string of the molecule is Cc1c(CC[C@H]2C[C@H](O)CC(=O)O2)c2c(c(C)c1N1Cc3ccccc3C1)CC(C)(C)O2. The number of hydrogen-bond donors (Lipinski definition) is 1. The van der Waals surface area contributed by atoms with Gasteiger partial charge in [-0.3, -0.25) is 4.79 Å². The van der Waals surface area contributed by atoms with Gasteiger partial charge in [0.25, 0.3) is 0 Å². The Balaban J connectivity index is 1.50. The third-order valence-corrected chi connectivity index (χ3v) is 7.25. The first-order chi connectivity index (χ1) is 15.2. The van der Waals surface area contributed by atoms with E-state index >= 15 is 0 Å². The van der Waals surface area contributed by atoms with Crippen LogP contribution in [0, 0.1) is 13.8 Å². The predicted octanol–water partition coefficient (Wildman–Crippen LogP) is 4.54. The summed E-state index contributed by atoms with van der Waals surface area (Å²) in [7, 11) is 0. The summed E-state index contributed by atoms with van der Waals surface area (Å²) in [5, 5.41) is 10.0. The number of cyclic esters (lactones) is 1. The number of anilines is 1. The van der Waals surface area contributed by atoms with Crippen LogP contribution >= 0.6 is 0 Å². The zero-order chi connectivity index (χ0) is 22.6. The van der Waals surface area contributed by atoms with E-state index < -0.39 is 6.10 Å². The van der Waals surface area contributed by atoms with Crippen molar-refractivity contribution in [3.8, 4) is 5.75 Å². The van der Waals surface area contributed by atoms with E-state index in [0.29, 0.717) is 12.8 Å². The van der Waals surface area contributed by atoms with Crippen molar-refractivity contribution in [1.29, 1.82) is 0 Å². The van der Waals surface area contributed by atoms with Gasteiger partial charge in [-0.25, -0.2) is 0 Å². The molecule has 0 aliphatic carbocycles. The summed E-state index contributed by atoms with van der Waals surface area (Å²) in [6, 6.07) is 8.69. The monoisotopic (exact) mass is 435 g/mol. The van der Waals surface area contributed by atoms with Crippen molar-refractivity contribution in [1.82, 2.24) is 0 Å². The molecule has 5 heteroatoms. The second kappa shape index (κ2) is 7.80. The molecule has 3 aliphatic heterocycles. The molecule has 5 nitrogen and oxygen atoms in total. The number of fused-ring (bicyclic) bond motifs is 2. The molecule has 3 heterocycles. The Morgan fingerprint density at radius 3 is 2.47 bits per heavy atom. The summed E-state index contributed by atoms with van der Waals surface area (Å²) < 4.78 is 12.0. The van der Waals surface area contributed by atoms with E-state index in [0.717, 1.165) is 31.7 Å². The predicted molar refractivity (Wildman–Crippen MR) is 124 cm³/mol. The molecule has 0 aromatic heterocycles. The van der Waals surface area contributed by atoms with Gasteiger partial charge in [0.15, 0.2) is 0 Å². The smallest absolute Gasteiger partial charge is 0.308 e. The Morgan fingerprint density at radius 2 is 1.81 bits per heavy atom. The molecule has 170 valence electrons. The number of carbonyl (C=O) groups excluding carboxylic acids is 1. The highest BCUT2D eigenvalue weighted by Crippen LogP contribution is 2.47. The first-order valence-electron chi connectivity index (χ1n) is 11.7. The van der Waals surface area contributed by atoms with Crippen molar-refractivity contribution < 1.29 is 19.4 Å². The number of ether oxygens (including phenoxy) is 2. The average molecular weight is 436 g/mol. The van der Waals surface area contributed by atoms with Crippen LogP contribution in [0.4, 0.5) is 5.69 Å².